The summed E-state index contributed by atoms with van der Waals surface area (Å²) < 4.78 is 0. The standard InChI is InChI=1S/C11H23N3O/c1-14(2)8-7-13-11(15)9-3-5-10(12)6-4-9/h9-10H,3-8,12H2,1-2H3,(H,13,15). The Morgan fingerprint density at radius 1 is 1.33 bits per heavy atom. The molecular formula is C11H23N3O. The van der Waals surface area contributed by atoms with E-state index in [9.17, 15) is 4.79 Å². The van der Waals surface area contributed by atoms with Gasteiger partial charge in [-0.2, -0.15) is 0 Å². The highest BCUT2D eigenvalue weighted by Gasteiger charge is 2.23. The van der Waals surface area contributed by atoms with Gasteiger partial charge in [0.15, 0.2) is 0 Å². The number of rotatable bonds is 4. The zero-order valence-electron chi connectivity index (χ0n) is 9.83. The molecule has 0 unspecified atom stereocenters. The molecule has 0 aromatic carbocycles. The lowest BCUT2D eigenvalue weighted by Crippen LogP contribution is -2.38. The van der Waals surface area contributed by atoms with Crippen LogP contribution >= 0.6 is 0 Å². The Balaban J connectivity index is 2.17. The number of hydrogen-bond acceptors (Lipinski definition) is 3. The first kappa shape index (κ1) is 12.5. The second-order valence-corrected chi connectivity index (χ2v) is 4.71. The maximum absolute atomic E-state index is 11.7. The minimum Gasteiger partial charge on any atom is -0.355 e. The van der Waals surface area contributed by atoms with Crippen LogP contribution in [-0.4, -0.2) is 44.0 Å². The number of nitrogens with two attached hydrogens (primary N) is 1. The van der Waals surface area contributed by atoms with Gasteiger partial charge in [-0.25, -0.2) is 0 Å². The summed E-state index contributed by atoms with van der Waals surface area (Å²) in [5.74, 6) is 0.413. The lowest BCUT2D eigenvalue weighted by Gasteiger charge is -2.25. The zero-order chi connectivity index (χ0) is 11.3. The number of carbonyl (C=O) groups is 1. The van der Waals surface area contributed by atoms with Crippen LogP contribution in [0.25, 0.3) is 0 Å². The second kappa shape index (κ2) is 6.08. The molecule has 0 bridgehead atoms. The van der Waals surface area contributed by atoms with Gasteiger partial charge in [0.25, 0.3) is 0 Å². The number of likely N-dealkylation sites (N-methyl/N-ethyl adjacent to an activating group) is 1. The molecule has 1 saturated carbocycles. The summed E-state index contributed by atoms with van der Waals surface area (Å²) in [6.07, 6.45) is 3.89. The Kier molecular flexibility index (Phi) is 5.05. The molecule has 0 radical (unpaired) electrons. The predicted octanol–water partition coefficient (Wildman–Crippen LogP) is 0.182. The summed E-state index contributed by atoms with van der Waals surface area (Å²) in [5.41, 5.74) is 5.80. The fourth-order valence-corrected chi connectivity index (χ4v) is 1.93. The monoisotopic (exact) mass is 213 g/mol. The molecule has 0 spiro atoms. The van der Waals surface area contributed by atoms with Crippen molar-refractivity contribution in [2.75, 3.05) is 27.2 Å². The van der Waals surface area contributed by atoms with E-state index in [1.54, 1.807) is 0 Å². The van der Waals surface area contributed by atoms with E-state index in [-0.39, 0.29) is 11.8 Å². The number of nitrogens with zero attached hydrogens (tertiary/aromatic N) is 1. The lowest BCUT2D eigenvalue weighted by atomic mass is 9.86. The van der Waals surface area contributed by atoms with E-state index in [4.69, 9.17) is 5.73 Å². The van der Waals surface area contributed by atoms with Crippen LogP contribution in [0.1, 0.15) is 25.7 Å². The number of carbonyl (C=O) groups excluding carboxylic acids is 1. The van der Waals surface area contributed by atoms with Crippen molar-refractivity contribution >= 4 is 5.91 Å². The molecule has 0 atom stereocenters. The number of hydrogen-bond donors (Lipinski definition) is 2. The van der Waals surface area contributed by atoms with Crippen molar-refractivity contribution in [2.45, 2.75) is 31.7 Å². The number of amides is 1. The van der Waals surface area contributed by atoms with Crippen LogP contribution in [0.4, 0.5) is 0 Å². The maximum Gasteiger partial charge on any atom is 0.223 e. The van der Waals surface area contributed by atoms with Crippen LogP contribution in [0.2, 0.25) is 0 Å². The van der Waals surface area contributed by atoms with Gasteiger partial charge in [0.2, 0.25) is 5.91 Å². The fourth-order valence-electron chi connectivity index (χ4n) is 1.93. The Morgan fingerprint density at radius 3 is 2.47 bits per heavy atom. The molecule has 0 aromatic rings. The van der Waals surface area contributed by atoms with Crippen molar-refractivity contribution in [3.8, 4) is 0 Å². The molecule has 3 N–H and O–H groups in total. The fraction of sp³-hybridized carbons (Fsp3) is 0.909. The normalized spacial score (nSPS) is 26.7. The Labute approximate surface area is 92.2 Å². The van der Waals surface area contributed by atoms with E-state index < -0.39 is 0 Å². The predicted molar refractivity (Wildman–Crippen MR) is 61.5 cm³/mol. The van der Waals surface area contributed by atoms with Gasteiger partial charge in [-0.05, 0) is 39.8 Å². The molecule has 1 fully saturated rings. The third-order valence-corrected chi connectivity index (χ3v) is 3.00. The second-order valence-electron chi connectivity index (χ2n) is 4.71. The lowest BCUT2D eigenvalue weighted by molar-refractivity contribution is -0.126. The Morgan fingerprint density at radius 2 is 1.93 bits per heavy atom. The van der Waals surface area contributed by atoms with Crippen molar-refractivity contribution < 1.29 is 4.79 Å². The highest BCUT2D eigenvalue weighted by Crippen LogP contribution is 2.22. The molecule has 1 amide bonds. The SMILES string of the molecule is CN(C)CCNC(=O)C1CCC(N)CC1. The van der Waals surface area contributed by atoms with Crippen molar-refractivity contribution in [2.24, 2.45) is 11.7 Å². The van der Waals surface area contributed by atoms with E-state index in [0.29, 0.717) is 6.04 Å². The molecular weight excluding hydrogens is 190 g/mol. The van der Waals surface area contributed by atoms with Crippen molar-refractivity contribution in [3.05, 3.63) is 0 Å². The van der Waals surface area contributed by atoms with Gasteiger partial charge < -0.3 is 16.0 Å². The molecule has 4 heteroatoms. The van der Waals surface area contributed by atoms with Crippen molar-refractivity contribution in [1.29, 1.82) is 0 Å². The van der Waals surface area contributed by atoms with Crippen LogP contribution in [0.5, 0.6) is 0 Å². The minimum absolute atomic E-state index is 0.201. The van der Waals surface area contributed by atoms with Crippen LogP contribution in [-0.2, 0) is 4.79 Å². The minimum atomic E-state index is 0.201. The van der Waals surface area contributed by atoms with Gasteiger partial charge in [0.05, 0.1) is 0 Å². The van der Waals surface area contributed by atoms with Gasteiger partial charge in [0.1, 0.15) is 0 Å². The summed E-state index contributed by atoms with van der Waals surface area (Å²) in [4.78, 5) is 13.8. The van der Waals surface area contributed by atoms with Crippen LogP contribution < -0.4 is 11.1 Å². The first-order chi connectivity index (χ1) is 7.09. The third-order valence-electron chi connectivity index (χ3n) is 3.00. The van der Waals surface area contributed by atoms with Crippen molar-refractivity contribution in [3.63, 3.8) is 0 Å². The maximum atomic E-state index is 11.7. The van der Waals surface area contributed by atoms with Gasteiger partial charge in [-0.3, -0.25) is 4.79 Å². The summed E-state index contributed by atoms with van der Waals surface area (Å²) in [7, 11) is 4.01. The molecule has 1 aliphatic rings. The van der Waals surface area contributed by atoms with E-state index in [1.807, 2.05) is 14.1 Å². The molecule has 88 valence electrons. The van der Waals surface area contributed by atoms with E-state index in [2.05, 4.69) is 10.2 Å². The Bertz CT molecular complexity index is 198. The zero-order valence-corrected chi connectivity index (χ0v) is 9.83. The van der Waals surface area contributed by atoms with Crippen LogP contribution in [0, 0.1) is 5.92 Å². The molecule has 15 heavy (non-hydrogen) atoms. The van der Waals surface area contributed by atoms with Gasteiger partial charge >= 0.3 is 0 Å². The smallest absolute Gasteiger partial charge is 0.223 e. The van der Waals surface area contributed by atoms with Gasteiger partial charge in [-0.1, -0.05) is 0 Å². The summed E-state index contributed by atoms with van der Waals surface area (Å²) in [6, 6.07) is 0.316. The molecule has 1 aliphatic carbocycles. The summed E-state index contributed by atoms with van der Waals surface area (Å²) in [5, 5.41) is 2.98. The van der Waals surface area contributed by atoms with Crippen LogP contribution in [0.15, 0.2) is 0 Å². The first-order valence-electron chi connectivity index (χ1n) is 5.77. The van der Waals surface area contributed by atoms with Gasteiger partial charge in [0, 0.05) is 25.0 Å². The molecule has 0 saturated heterocycles. The van der Waals surface area contributed by atoms with E-state index >= 15 is 0 Å². The van der Waals surface area contributed by atoms with E-state index in [0.717, 1.165) is 38.8 Å². The van der Waals surface area contributed by atoms with E-state index in [1.165, 1.54) is 0 Å². The summed E-state index contributed by atoms with van der Waals surface area (Å²) >= 11 is 0. The first-order valence-corrected chi connectivity index (χ1v) is 5.77. The van der Waals surface area contributed by atoms with Gasteiger partial charge in [-0.15, -0.1) is 0 Å². The Hall–Kier alpha value is -0.610. The highest BCUT2D eigenvalue weighted by molar-refractivity contribution is 5.78. The summed E-state index contributed by atoms with van der Waals surface area (Å²) in [6.45, 7) is 1.65. The quantitative estimate of drug-likeness (QED) is 0.700. The average Bonchev–Trinajstić information content (AvgIpc) is 2.18. The third kappa shape index (κ3) is 4.62. The molecule has 1 rings (SSSR count). The molecule has 0 aliphatic heterocycles. The van der Waals surface area contributed by atoms with Crippen LogP contribution in [0.3, 0.4) is 0 Å². The molecule has 4 nitrogen and oxygen atoms in total. The largest absolute Gasteiger partial charge is 0.355 e. The molecule has 0 heterocycles. The highest BCUT2D eigenvalue weighted by atomic mass is 16.1. The molecule has 0 aromatic heterocycles. The number of nitrogens with one attached hydrogen (secondary N) is 1. The van der Waals surface area contributed by atoms with Crippen molar-refractivity contribution in [1.82, 2.24) is 10.2 Å². The average molecular weight is 213 g/mol. The topological polar surface area (TPSA) is 58.4 Å².